The van der Waals surface area contributed by atoms with Crippen LogP contribution in [-0.4, -0.2) is 66.0 Å². The quantitative estimate of drug-likeness (QED) is 0.193. The molecule has 3 rings (SSSR count). The summed E-state index contributed by atoms with van der Waals surface area (Å²) >= 11 is 0. The topological polar surface area (TPSA) is 182 Å². The zero-order valence-electron chi connectivity index (χ0n) is 22.4. The van der Waals surface area contributed by atoms with E-state index in [1.54, 1.807) is 45.0 Å². The number of ether oxygens (including phenoxy) is 2. The number of carbonyl (C=O) groups excluding carboxylic acids is 3. The Bertz CT molecular complexity index is 1370. The number of hydrogen-bond acceptors (Lipinski definition) is 10. The molecular weight excluding hydrogens is 546 g/mol. The molecule has 13 nitrogen and oxygen atoms in total. The van der Waals surface area contributed by atoms with Gasteiger partial charge in [0.15, 0.2) is 0 Å². The number of aliphatic hydroxyl groups is 1. The molecule has 40 heavy (non-hydrogen) atoms. The van der Waals surface area contributed by atoms with Crippen molar-refractivity contribution in [3.63, 3.8) is 0 Å². The summed E-state index contributed by atoms with van der Waals surface area (Å²) < 4.78 is 37.3. The van der Waals surface area contributed by atoms with Crippen molar-refractivity contribution in [1.29, 1.82) is 0 Å². The van der Waals surface area contributed by atoms with Crippen LogP contribution in [0.4, 0.5) is 5.69 Å². The fourth-order valence-electron chi connectivity index (χ4n) is 4.00. The number of methoxy groups -OCH3 is 1. The van der Waals surface area contributed by atoms with Crippen LogP contribution in [0.5, 0.6) is 5.75 Å². The number of aliphatic hydroxyl groups excluding tert-OH is 1. The first-order valence-corrected chi connectivity index (χ1v) is 13.7. The van der Waals surface area contributed by atoms with E-state index in [-0.39, 0.29) is 29.8 Å². The van der Waals surface area contributed by atoms with Crippen molar-refractivity contribution in [3.8, 4) is 5.75 Å². The summed E-state index contributed by atoms with van der Waals surface area (Å²) in [5, 5.41) is 23.9. The molecule has 3 atom stereocenters. The van der Waals surface area contributed by atoms with Crippen LogP contribution in [0.2, 0.25) is 0 Å². The molecule has 2 aromatic rings. The van der Waals surface area contributed by atoms with E-state index in [0.717, 1.165) is 31.4 Å². The van der Waals surface area contributed by atoms with E-state index in [1.807, 2.05) is 0 Å². The predicted octanol–water partition coefficient (Wildman–Crippen LogP) is 1.92. The number of nitrogens with one attached hydrogen (secondary N) is 1. The monoisotopic (exact) mass is 577 g/mol. The normalized spacial score (nSPS) is 18.5. The van der Waals surface area contributed by atoms with Gasteiger partial charge in [0.25, 0.3) is 5.69 Å². The summed E-state index contributed by atoms with van der Waals surface area (Å²) in [5.74, 6) is -1.73. The summed E-state index contributed by atoms with van der Waals surface area (Å²) in [5.41, 5.74) is -0.434. The van der Waals surface area contributed by atoms with Crippen molar-refractivity contribution in [2.75, 3.05) is 7.11 Å². The van der Waals surface area contributed by atoms with E-state index in [9.17, 15) is 38.0 Å². The van der Waals surface area contributed by atoms with E-state index in [2.05, 4.69) is 5.32 Å². The van der Waals surface area contributed by atoms with Gasteiger partial charge in [-0.05, 0) is 63.4 Å². The van der Waals surface area contributed by atoms with Gasteiger partial charge in [0.05, 0.1) is 22.3 Å². The van der Waals surface area contributed by atoms with Gasteiger partial charge in [-0.1, -0.05) is 12.1 Å². The second-order valence-corrected chi connectivity index (χ2v) is 12.1. The lowest BCUT2D eigenvalue weighted by Crippen LogP contribution is -2.53. The van der Waals surface area contributed by atoms with Gasteiger partial charge in [-0.2, -0.15) is 4.31 Å². The number of nitrogens with zero attached hydrogens (tertiary/aromatic N) is 2. The highest BCUT2D eigenvalue weighted by Crippen LogP contribution is 2.31. The minimum atomic E-state index is -4.43. The van der Waals surface area contributed by atoms with Crippen molar-refractivity contribution in [2.24, 2.45) is 5.41 Å². The third-order valence-electron chi connectivity index (χ3n) is 6.21. The average molecular weight is 578 g/mol. The summed E-state index contributed by atoms with van der Waals surface area (Å²) in [6, 6.07) is 7.82. The molecule has 0 saturated carbocycles. The maximum Gasteiger partial charge on any atom is 0.328 e. The number of amides is 1. The van der Waals surface area contributed by atoms with Crippen LogP contribution >= 0.6 is 0 Å². The maximum atomic E-state index is 13.3. The first kappa shape index (κ1) is 30.7. The number of rotatable bonds is 9. The van der Waals surface area contributed by atoms with Crippen LogP contribution in [0.25, 0.3) is 0 Å². The number of nitro benzene ring substituents is 1. The van der Waals surface area contributed by atoms with Crippen LogP contribution in [0.3, 0.4) is 0 Å². The molecule has 1 amide bonds. The summed E-state index contributed by atoms with van der Waals surface area (Å²) in [7, 11) is -3.29. The highest BCUT2D eigenvalue weighted by molar-refractivity contribution is 7.89. The molecule has 2 aromatic carbocycles. The predicted molar refractivity (Wildman–Crippen MR) is 140 cm³/mol. The van der Waals surface area contributed by atoms with Gasteiger partial charge in [0, 0.05) is 18.6 Å². The molecule has 2 unspecified atom stereocenters. The van der Waals surface area contributed by atoms with Gasteiger partial charge in [0.1, 0.15) is 24.1 Å². The van der Waals surface area contributed by atoms with Gasteiger partial charge >= 0.3 is 11.9 Å². The van der Waals surface area contributed by atoms with Crippen molar-refractivity contribution in [1.82, 2.24) is 9.62 Å². The molecule has 1 aliphatic rings. The number of carbonyl (C=O) groups is 3. The molecule has 1 aliphatic heterocycles. The lowest BCUT2D eigenvalue weighted by Gasteiger charge is -2.27. The van der Waals surface area contributed by atoms with Crippen LogP contribution in [0.1, 0.15) is 39.2 Å². The number of esters is 2. The Kier molecular flexibility index (Phi) is 9.28. The second kappa shape index (κ2) is 12.1. The molecule has 0 aromatic heterocycles. The van der Waals surface area contributed by atoms with Crippen LogP contribution in [0.15, 0.2) is 53.4 Å². The fourth-order valence-corrected chi connectivity index (χ4v) is 5.68. The van der Waals surface area contributed by atoms with Crippen LogP contribution in [-0.2, 0) is 35.6 Å². The molecule has 0 aliphatic carbocycles. The molecule has 1 saturated heterocycles. The van der Waals surface area contributed by atoms with E-state index >= 15 is 0 Å². The van der Waals surface area contributed by atoms with Crippen molar-refractivity contribution < 1.29 is 42.3 Å². The summed E-state index contributed by atoms with van der Waals surface area (Å²) in [6.07, 6.45) is -1.60. The van der Waals surface area contributed by atoms with E-state index < -0.39 is 56.5 Å². The highest BCUT2D eigenvalue weighted by atomic mass is 32.2. The molecule has 0 spiro atoms. The first-order valence-electron chi connectivity index (χ1n) is 12.3. The Morgan fingerprint density at radius 2 is 1.70 bits per heavy atom. The SMILES string of the molecule is COC(=O)C(Cc1ccc(OC(=O)C(C)(C)C)cc1)NC(=O)[C@@H]1CCC(O)N1S(=O)(=O)c1ccc([N+](=O)[O-])cc1. The van der Waals surface area contributed by atoms with Crippen molar-refractivity contribution in [2.45, 2.75) is 63.2 Å². The molecule has 14 heteroatoms. The van der Waals surface area contributed by atoms with Gasteiger partial charge < -0.3 is 19.9 Å². The van der Waals surface area contributed by atoms with Crippen molar-refractivity contribution >= 4 is 33.6 Å². The van der Waals surface area contributed by atoms with E-state index in [4.69, 9.17) is 9.47 Å². The molecule has 0 radical (unpaired) electrons. The number of non-ortho nitro benzene ring substituents is 1. The number of nitro groups is 1. The maximum absolute atomic E-state index is 13.3. The zero-order chi connectivity index (χ0) is 29.8. The van der Waals surface area contributed by atoms with Crippen LogP contribution < -0.4 is 10.1 Å². The van der Waals surface area contributed by atoms with Gasteiger partial charge in [-0.3, -0.25) is 19.7 Å². The molecule has 0 bridgehead atoms. The third-order valence-corrected chi connectivity index (χ3v) is 8.13. The Balaban J connectivity index is 1.77. The lowest BCUT2D eigenvalue weighted by molar-refractivity contribution is -0.384. The van der Waals surface area contributed by atoms with E-state index in [0.29, 0.717) is 15.6 Å². The zero-order valence-corrected chi connectivity index (χ0v) is 23.2. The first-order chi connectivity index (χ1) is 18.6. The number of hydrogen-bond donors (Lipinski definition) is 2. The highest BCUT2D eigenvalue weighted by Gasteiger charge is 2.46. The summed E-state index contributed by atoms with van der Waals surface area (Å²) in [4.78, 5) is 47.7. The minimum Gasteiger partial charge on any atom is -0.467 e. The second-order valence-electron chi connectivity index (χ2n) is 10.2. The van der Waals surface area contributed by atoms with E-state index in [1.165, 1.54) is 0 Å². The molecule has 2 N–H and O–H groups in total. The fraction of sp³-hybridized carbons (Fsp3) is 0.423. The molecule has 216 valence electrons. The van der Waals surface area contributed by atoms with Crippen LogP contribution in [0, 0.1) is 15.5 Å². The third kappa shape index (κ3) is 7.00. The van der Waals surface area contributed by atoms with Crippen molar-refractivity contribution in [3.05, 3.63) is 64.2 Å². The van der Waals surface area contributed by atoms with Gasteiger partial charge in [0.2, 0.25) is 15.9 Å². The largest absolute Gasteiger partial charge is 0.467 e. The van der Waals surface area contributed by atoms with Gasteiger partial charge in [-0.15, -0.1) is 0 Å². The smallest absolute Gasteiger partial charge is 0.328 e. The van der Waals surface area contributed by atoms with Gasteiger partial charge in [-0.25, -0.2) is 13.2 Å². The molecule has 1 heterocycles. The standard InChI is InChI=1S/C26H31N3O10S/c1-26(2,3)25(33)39-18-9-5-16(6-10-18)15-20(24(32)38-4)27-23(31)21-13-14-22(30)28(21)40(36,37)19-11-7-17(8-12-19)29(34)35/h5-12,20-22,30H,13-15H2,1-4H3,(H,27,31)/t20?,21-,22?/m0/s1. The molecular formula is C26H31N3O10S. The minimum absolute atomic E-state index is 0.0176. The Morgan fingerprint density at radius 3 is 2.23 bits per heavy atom. The summed E-state index contributed by atoms with van der Waals surface area (Å²) in [6.45, 7) is 5.15. The Hall–Kier alpha value is -3.88. The number of benzene rings is 2. The Labute approximate surface area is 231 Å². The lowest BCUT2D eigenvalue weighted by atomic mass is 9.97. The Morgan fingerprint density at radius 1 is 1.10 bits per heavy atom. The molecule has 1 fully saturated rings. The number of sulfonamides is 1. The average Bonchev–Trinajstić information content (AvgIpc) is 3.30.